The van der Waals surface area contributed by atoms with Crippen molar-refractivity contribution in [2.75, 3.05) is 0 Å². The molecule has 0 saturated heterocycles. The first-order valence-corrected chi connectivity index (χ1v) is 7.88. The maximum absolute atomic E-state index is 11.3. The van der Waals surface area contributed by atoms with Gasteiger partial charge in [0.15, 0.2) is 0 Å². The molecule has 0 unspecified atom stereocenters. The number of hydrogen-bond donors (Lipinski definition) is 2. The Hall–Kier alpha value is -1.00. The third-order valence-corrected chi connectivity index (χ3v) is 7.71. The number of hydrogen-bond acceptors (Lipinski definition) is 2. The summed E-state index contributed by atoms with van der Waals surface area (Å²) in [6.07, 6.45) is 0. The Morgan fingerprint density at radius 1 is 0.947 bits per heavy atom. The van der Waals surface area contributed by atoms with Crippen molar-refractivity contribution in [3.63, 3.8) is 0 Å². The minimum atomic E-state index is -2.09. The van der Waals surface area contributed by atoms with E-state index in [1.54, 1.807) is 24.3 Å². The van der Waals surface area contributed by atoms with Gasteiger partial charge >= 0.3 is 5.97 Å². The molecule has 2 N–H and O–H groups in total. The molecule has 0 spiro atoms. The zero-order chi connectivity index (χ0) is 15.1. The van der Waals surface area contributed by atoms with Crippen LogP contribution in [0.2, 0.25) is 0 Å². The van der Waals surface area contributed by atoms with Crippen molar-refractivity contribution in [1.29, 1.82) is 0 Å². The maximum atomic E-state index is 11.3. The van der Waals surface area contributed by atoms with Crippen molar-refractivity contribution in [3.8, 4) is 0 Å². The van der Waals surface area contributed by atoms with E-state index in [2.05, 4.69) is 0 Å². The molecule has 0 bridgehead atoms. The second-order valence-electron chi connectivity index (χ2n) is 6.63. The van der Waals surface area contributed by atoms with E-state index < -0.39 is 16.3 Å². The number of carboxylic acid groups (broad SMARTS) is 1. The molecule has 0 radical (unpaired) electrons. The van der Waals surface area contributed by atoms with Gasteiger partial charge in [-0.3, -0.25) is 0 Å². The molecule has 0 amide bonds. The SMILES string of the molecule is CC(C)(C)S(O)(c1ccc(C(=O)O)cc1)C(C)(C)C. The van der Waals surface area contributed by atoms with Gasteiger partial charge in [0.05, 0.1) is 5.56 Å². The lowest BCUT2D eigenvalue weighted by Gasteiger charge is -2.54. The van der Waals surface area contributed by atoms with E-state index in [1.165, 1.54) is 0 Å². The summed E-state index contributed by atoms with van der Waals surface area (Å²) in [7, 11) is -2.09. The molecule has 0 aliphatic heterocycles. The fourth-order valence-electron chi connectivity index (χ4n) is 2.42. The highest BCUT2D eigenvalue weighted by Crippen LogP contribution is 2.69. The van der Waals surface area contributed by atoms with E-state index in [-0.39, 0.29) is 15.1 Å². The summed E-state index contributed by atoms with van der Waals surface area (Å²) in [5.41, 5.74) is 0.244. The lowest BCUT2D eigenvalue weighted by atomic mass is 10.2. The molecule has 1 rings (SSSR count). The van der Waals surface area contributed by atoms with Gasteiger partial charge < -0.3 is 9.66 Å². The summed E-state index contributed by atoms with van der Waals surface area (Å²) in [4.78, 5) is 11.7. The Labute approximate surface area is 117 Å². The Morgan fingerprint density at radius 3 is 1.58 bits per heavy atom. The van der Waals surface area contributed by atoms with Crippen LogP contribution >= 0.6 is 10.3 Å². The summed E-state index contributed by atoms with van der Waals surface area (Å²) in [5, 5.41) is 8.94. The number of rotatable bonds is 2. The van der Waals surface area contributed by atoms with Gasteiger partial charge in [0.25, 0.3) is 0 Å². The van der Waals surface area contributed by atoms with Crippen LogP contribution in [-0.2, 0) is 0 Å². The summed E-state index contributed by atoms with van der Waals surface area (Å²) < 4.78 is 10.8. The number of carboxylic acids is 1. The third-order valence-electron chi connectivity index (χ3n) is 3.21. The van der Waals surface area contributed by atoms with Crippen LogP contribution in [0, 0.1) is 0 Å². The highest BCUT2D eigenvalue weighted by molar-refractivity contribution is 8.31. The number of benzene rings is 1. The summed E-state index contributed by atoms with van der Waals surface area (Å²) >= 11 is 0. The van der Waals surface area contributed by atoms with Gasteiger partial charge in [-0.05, 0) is 24.3 Å². The highest BCUT2D eigenvalue weighted by Gasteiger charge is 2.45. The van der Waals surface area contributed by atoms with Gasteiger partial charge in [-0.25, -0.2) is 4.79 Å². The molecule has 0 fully saturated rings. The molecule has 0 saturated carbocycles. The Morgan fingerprint density at radius 2 is 1.32 bits per heavy atom. The van der Waals surface area contributed by atoms with Gasteiger partial charge in [0.1, 0.15) is 0 Å². The van der Waals surface area contributed by atoms with Crippen LogP contribution in [0.15, 0.2) is 29.2 Å². The lowest BCUT2D eigenvalue weighted by Crippen LogP contribution is -2.38. The van der Waals surface area contributed by atoms with Crippen molar-refractivity contribution < 1.29 is 14.5 Å². The second-order valence-corrected chi connectivity index (χ2v) is 10.7. The zero-order valence-corrected chi connectivity index (χ0v) is 13.3. The van der Waals surface area contributed by atoms with Crippen molar-refractivity contribution in [2.45, 2.75) is 55.9 Å². The van der Waals surface area contributed by atoms with E-state index in [4.69, 9.17) is 5.11 Å². The largest absolute Gasteiger partial charge is 0.478 e. The van der Waals surface area contributed by atoms with Crippen LogP contribution in [0.1, 0.15) is 51.9 Å². The molecule has 1 aromatic carbocycles. The van der Waals surface area contributed by atoms with Gasteiger partial charge in [-0.2, -0.15) is 0 Å². The molecule has 3 nitrogen and oxygen atoms in total. The Balaban J connectivity index is 3.40. The minimum Gasteiger partial charge on any atom is -0.478 e. The Kier molecular flexibility index (Phi) is 4.09. The molecule has 4 heteroatoms. The van der Waals surface area contributed by atoms with Gasteiger partial charge in [0.2, 0.25) is 0 Å². The summed E-state index contributed by atoms with van der Waals surface area (Å²) in [6, 6.07) is 6.62. The predicted octanol–water partition coefficient (Wildman–Crippen LogP) is 4.62. The van der Waals surface area contributed by atoms with Crippen LogP contribution < -0.4 is 0 Å². The summed E-state index contributed by atoms with van der Waals surface area (Å²) in [5.74, 6) is -0.948. The summed E-state index contributed by atoms with van der Waals surface area (Å²) in [6.45, 7) is 12.2. The average Bonchev–Trinajstić information content (AvgIpc) is 2.25. The van der Waals surface area contributed by atoms with Crippen LogP contribution in [0.3, 0.4) is 0 Å². The standard InChI is InChI=1S/C15H24O3S/c1-14(2,3)19(18,15(4,5)6)12-9-7-11(8-10-12)13(16)17/h7-10,18H,1-6H3,(H,16,17). The maximum Gasteiger partial charge on any atom is 0.335 e. The quantitative estimate of drug-likeness (QED) is 0.833. The molecule has 1 aromatic rings. The van der Waals surface area contributed by atoms with Crippen LogP contribution in [0.25, 0.3) is 0 Å². The Bertz CT molecular complexity index is 450. The smallest absolute Gasteiger partial charge is 0.335 e. The first-order valence-electron chi connectivity index (χ1n) is 6.29. The molecule has 108 valence electrons. The molecule has 19 heavy (non-hydrogen) atoms. The van der Waals surface area contributed by atoms with Crippen molar-refractivity contribution in [2.24, 2.45) is 0 Å². The average molecular weight is 284 g/mol. The molecule has 0 atom stereocenters. The molecule has 0 aliphatic rings. The third kappa shape index (κ3) is 2.79. The van der Waals surface area contributed by atoms with E-state index in [9.17, 15) is 9.35 Å². The topological polar surface area (TPSA) is 57.5 Å². The first kappa shape index (κ1) is 16.1. The van der Waals surface area contributed by atoms with Crippen LogP contribution in [-0.4, -0.2) is 25.1 Å². The molecular formula is C15H24O3S. The van der Waals surface area contributed by atoms with Crippen molar-refractivity contribution >= 4 is 16.3 Å². The van der Waals surface area contributed by atoms with Crippen LogP contribution in [0.4, 0.5) is 0 Å². The predicted molar refractivity (Wildman–Crippen MR) is 81.4 cm³/mol. The van der Waals surface area contributed by atoms with Crippen molar-refractivity contribution in [1.82, 2.24) is 0 Å². The fourth-order valence-corrected chi connectivity index (χ4v) is 6.20. The highest BCUT2D eigenvalue weighted by atomic mass is 32.3. The molecular weight excluding hydrogens is 260 g/mol. The molecule has 0 heterocycles. The molecule has 0 aromatic heterocycles. The van der Waals surface area contributed by atoms with E-state index in [0.717, 1.165) is 4.90 Å². The van der Waals surface area contributed by atoms with Gasteiger partial charge in [-0.15, -0.1) is 10.3 Å². The second kappa shape index (κ2) is 4.84. The number of aromatic carboxylic acids is 1. The fraction of sp³-hybridized carbons (Fsp3) is 0.533. The lowest BCUT2D eigenvalue weighted by molar-refractivity contribution is 0.0697. The number of carbonyl (C=O) groups is 1. The van der Waals surface area contributed by atoms with Crippen molar-refractivity contribution in [3.05, 3.63) is 29.8 Å². The van der Waals surface area contributed by atoms with Gasteiger partial charge in [-0.1, -0.05) is 41.5 Å². The van der Waals surface area contributed by atoms with Gasteiger partial charge in [0, 0.05) is 14.4 Å². The van der Waals surface area contributed by atoms with E-state index in [0.29, 0.717) is 0 Å². The molecule has 0 aliphatic carbocycles. The van der Waals surface area contributed by atoms with E-state index in [1.807, 2.05) is 41.5 Å². The zero-order valence-electron chi connectivity index (χ0n) is 12.5. The minimum absolute atomic E-state index is 0.244. The normalized spacial score (nSPS) is 14.3. The van der Waals surface area contributed by atoms with Crippen LogP contribution in [0.5, 0.6) is 0 Å². The van der Waals surface area contributed by atoms with E-state index >= 15 is 0 Å². The monoisotopic (exact) mass is 284 g/mol. The first-order chi connectivity index (χ1) is 8.41.